The van der Waals surface area contributed by atoms with Crippen LogP contribution in [0.5, 0.6) is 0 Å². The molecule has 26 heavy (non-hydrogen) atoms. The number of rotatable bonds is 6. The molecule has 0 saturated heterocycles. The van der Waals surface area contributed by atoms with Crippen molar-refractivity contribution in [2.75, 3.05) is 6.54 Å². The molecule has 0 aliphatic carbocycles. The largest absolute Gasteiger partial charge is 0.444 e. The van der Waals surface area contributed by atoms with Gasteiger partial charge in [-0.15, -0.1) is 0 Å². The first-order valence-corrected chi connectivity index (χ1v) is 8.85. The lowest BCUT2D eigenvalue weighted by Crippen LogP contribution is -2.38. The van der Waals surface area contributed by atoms with Crippen molar-refractivity contribution in [3.63, 3.8) is 0 Å². The van der Waals surface area contributed by atoms with Gasteiger partial charge in [0, 0.05) is 0 Å². The van der Waals surface area contributed by atoms with E-state index in [0.29, 0.717) is 4.67 Å². The van der Waals surface area contributed by atoms with E-state index < -0.39 is 5.91 Å². The summed E-state index contributed by atoms with van der Waals surface area (Å²) in [5, 5.41) is 5.52. The molecule has 2 aromatic carbocycles. The SMILES string of the molecule is O=C(CNC(=O)c1ccc(Br)o1)NC(c1ccccc1)c1ccccc1. The summed E-state index contributed by atoms with van der Waals surface area (Å²) < 4.78 is 5.63. The Bertz CT molecular complexity index is 839. The first-order valence-electron chi connectivity index (χ1n) is 8.06. The van der Waals surface area contributed by atoms with Crippen LogP contribution >= 0.6 is 15.9 Å². The molecule has 0 bridgehead atoms. The Morgan fingerprint density at radius 3 is 1.96 bits per heavy atom. The standard InChI is InChI=1S/C20H17BrN2O3/c21-17-12-11-16(26-17)20(25)22-13-18(24)23-19(14-7-3-1-4-8-14)15-9-5-2-6-10-15/h1-12,19H,13H2,(H,22,25)(H,23,24). The van der Waals surface area contributed by atoms with Crippen LogP contribution in [0.1, 0.15) is 27.7 Å². The first kappa shape index (κ1) is 17.9. The number of amides is 2. The van der Waals surface area contributed by atoms with Gasteiger partial charge >= 0.3 is 0 Å². The van der Waals surface area contributed by atoms with Gasteiger partial charge in [-0.1, -0.05) is 60.7 Å². The first-order chi connectivity index (χ1) is 12.6. The molecule has 3 rings (SSSR count). The van der Waals surface area contributed by atoms with Crippen molar-refractivity contribution in [2.45, 2.75) is 6.04 Å². The van der Waals surface area contributed by atoms with Crippen LogP contribution in [0.15, 0.2) is 81.9 Å². The van der Waals surface area contributed by atoms with Gasteiger partial charge in [-0.25, -0.2) is 0 Å². The van der Waals surface area contributed by atoms with E-state index in [2.05, 4.69) is 26.6 Å². The lowest BCUT2D eigenvalue weighted by Gasteiger charge is -2.20. The normalized spacial score (nSPS) is 10.5. The summed E-state index contributed by atoms with van der Waals surface area (Å²) in [5.41, 5.74) is 1.93. The van der Waals surface area contributed by atoms with Crippen molar-refractivity contribution in [1.82, 2.24) is 10.6 Å². The average Bonchev–Trinajstić information content (AvgIpc) is 3.12. The second-order valence-corrected chi connectivity index (χ2v) is 6.39. The molecular weight excluding hydrogens is 396 g/mol. The third-order valence-corrected chi connectivity index (χ3v) is 4.20. The van der Waals surface area contributed by atoms with Crippen molar-refractivity contribution in [3.8, 4) is 0 Å². The molecule has 6 heteroatoms. The van der Waals surface area contributed by atoms with E-state index in [1.807, 2.05) is 60.7 Å². The van der Waals surface area contributed by atoms with Crippen molar-refractivity contribution in [1.29, 1.82) is 0 Å². The smallest absolute Gasteiger partial charge is 0.287 e. The molecule has 0 spiro atoms. The van der Waals surface area contributed by atoms with Crippen molar-refractivity contribution in [2.24, 2.45) is 0 Å². The molecule has 2 N–H and O–H groups in total. The zero-order valence-electron chi connectivity index (χ0n) is 13.8. The minimum Gasteiger partial charge on any atom is -0.444 e. The van der Waals surface area contributed by atoms with Gasteiger partial charge in [0.1, 0.15) is 0 Å². The van der Waals surface area contributed by atoms with E-state index in [-0.39, 0.29) is 24.3 Å². The number of halogens is 1. The molecule has 1 aromatic heterocycles. The summed E-state index contributed by atoms with van der Waals surface area (Å²) in [6.45, 7) is -0.146. The number of hydrogen-bond donors (Lipinski definition) is 2. The number of benzene rings is 2. The maximum atomic E-state index is 12.4. The van der Waals surface area contributed by atoms with E-state index in [9.17, 15) is 9.59 Å². The highest BCUT2D eigenvalue weighted by molar-refractivity contribution is 9.10. The molecule has 0 aliphatic rings. The summed E-state index contributed by atoms with van der Waals surface area (Å²) in [6, 6.07) is 22.2. The number of nitrogens with one attached hydrogen (secondary N) is 2. The second-order valence-electron chi connectivity index (χ2n) is 5.61. The summed E-state index contributed by atoms with van der Waals surface area (Å²) >= 11 is 3.14. The molecule has 0 unspecified atom stereocenters. The predicted molar refractivity (Wildman–Crippen MR) is 102 cm³/mol. The van der Waals surface area contributed by atoms with Gasteiger partial charge in [0.2, 0.25) is 5.91 Å². The predicted octanol–water partition coefficient (Wildman–Crippen LogP) is 3.68. The maximum absolute atomic E-state index is 12.4. The average molecular weight is 413 g/mol. The Hall–Kier alpha value is -2.86. The molecule has 0 fully saturated rings. The third kappa shape index (κ3) is 4.61. The molecule has 0 atom stereocenters. The minimum atomic E-state index is -0.443. The minimum absolute atomic E-state index is 0.146. The number of carbonyl (C=O) groups is 2. The Morgan fingerprint density at radius 1 is 0.885 bits per heavy atom. The molecule has 2 amide bonds. The summed E-state index contributed by atoms with van der Waals surface area (Å²) in [4.78, 5) is 24.4. The van der Waals surface area contributed by atoms with Crippen LogP contribution < -0.4 is 10.6 Å². The molecular formula is C20H17BrN2O3. The Kier molecular flexibility index (Phi) is 5.86. The van der Waals surface area contributed by atoms with Crippen LogP contribution in [-0.2, 0) is 4.79 Å². The summed E-state index contributed by atoms with van der Waals surface area (Å²) in [5.74, 6) is -0.587. The van der Waals surface area contributed by atoms with Gasteiger partial charge in [-0.3, -0.25) is 9.59 Å². The highest BCUT2D eigenvalue weighted by Gasteiger charge is 2.18. The molecule has 132 valence electrons. The number of hydrogen-bond acceptors (Lipinski definition) is 3. The van der Waals surface area contributed by atoms with E-state index in [0.717, 1.165) is 11.1 Å². The van der Waals surface area contributed by atoms with Gasteiger partial charge in [0.05, 0.1) is 12.6 Å². The van der Waals surface area contributed by atoms with Gasteiger partial charge in [-0.05, 0) is 39.2 Å². The molecule has 0 radical (unpaired) electrons. The molecule has 0 saturated carbocycles. The van der Waals surface area contributed by atoms with Crippen LogP contribution in [0.3, 0.4) is 0 Å². The number of furan rings is 1. The summed E-state index contributed by atoms with van der Waals surface area (Å²) in [6.07, 6.45) is 0. The highest BCUT2D eigenvalue weighted by atomic mass is 79.9. The second kappa shape index (κ2) is 8.49. The fraction of sp³-hybridized carbons (Fsp3) is 0.100. The van der Waals surface area contributed by atoms with Crippen molar-refractivity contribution in [3.05, 3.63) is 94.4 Å². The fourth-order valence-corrected chi connectivity index (χ4v) is 2.85. The monoisotopic (exact) mass is 412 g/mol. The van der Waals surface area contributed by atoms with Crippen molar-refractivity contribution >= 4 is 27.7 Å². The molecule has 5 nitrogen and oxygen atoms in total. The Morgan fingerprint density at radius 2 is 1.46 bits per heavy atom. The van der Waals surface area contributed by atoms with E-state index in [4.69, 9.17) is 4.42 Å². The molecule has 3 aromatic rings. The van der Waals surface area contributed by atoms with Crippen LogP contribution in [0, 0.1) is 0 Å². The highest BCUT2D eigenvalue weighted by Crippen LogP contribution is 2.21. The van der Waals surface area contributed by atoms with E-state index in [1.165, 1.54) is 6.07 Å². The van der Waals surface area contributed by atoms with Crippen LogP contribution in [-0.4, -0.2) is 18.4 Å². The van der Waals surface area contributed by atoms with Crippen molar-refractivity contribution < 1.29 is 14.0 Å². The number of carbonyl (C=O) groups excluding carboxylic acids is 2. The lowest BCUT2D eigenvalue weighted by molar-refractivity contribution is -0.120. The van der Waals surface area contributed by atoms with Crippen LogP contribution in [0.2, 0.25) is 0 Å². The zero-order chi connectivity index (χ0) is 18.4. The van der Waals surface area contributed by atoms with Gasteiger partial charge in [0.25, 0.3) is 5.91 Å². The Balaban J connectivity index is 1.67. The quantitative estimate of drug-likeness (QED) is 0.648. The molecule has 1 heterocycles. The molecule has 0 aliphatic heterocycles. The third-order valence-electron chi connectivity index (χ3n) is 3.78. The lowest BCUT2D eigenvalue weighted by atomic mass is 9.99. The fourth-order valence-electron chi connectivity index (χ4n) is 2.55. The topological polar surface area (TPSA) is 71.3 Å². The summed E-state index contributed by atoms with van der Waals surface area (Å²) in [7, 11) is 0. The van der Waals surface area contributed by atoms with E-state index >= 15 is 0 Å². The maximum Gasteiger partial charge on any atom is 0.287 e. The zero-order valence-corrected chi connectivity index (χ0v) is 15.4. The van der Waals surface area contributed by atoms with Gasteiger partial charge in [-0.2, -0.15) is 0 Å². The van der Waals surface area contributed by atoms with Crippen LogP contribution in [0.25, 0.3) is 0 Å². The van der Waals surface area contributed by atoms with E-state index in [1.54, 1.807) is 6.07 Å². The van der Waals surface area contributed by atoms with Crippen LogP contribution in [0.4, 0.5) is 0 Å². The Labute approximate surface area is 159 Å². The van der Waals surface area contributed by atoms with Gasteiger partial charge < -0.3 is 15.1 Å². The van der Waals surface area contributed by atoms with Gasteiger partial charge in [0.15, 0.2) is 10.4 Å².